The zero-order chi connectivity index (χ0) is 15.7. The number of nitrogens with zero attached hydrogens (tertiary/aromatic N) is 3. The molecule has 0 saturated heterocycles. The molecule has 0 spiro atoms. The molecule has 0 fully saturated rings. The predicted molar refractivity (Wildman–Crippen MR) is 81.4 cm³/mol. The summed E-state index contributed by atoms with van der Waals surface area (Å²) in [6, 6.07) is 14.0. The van der Waals surface area contributed by atoms with Crippen molar-refractivity contribution in [3.05, 3.63) is 69.4 Å². The molecule has 0 radical (unpaired) electrons. The number of hydrogen-bond donors (Lipinski definition) is 1. The van der Waals surface area contributed by atoms with Crippen molar-refractivity contribution in [2.24, 2.45) is 5.18 Å². The van der Waals surface area contributed by atoms with Gasteiger partial charge in [0.1, 0.15) is 23.1 Å². The molecule has 0 bridgehead atoms. The minimum Gasteiger partial charge on any atom is -0.508 e. The summed E-state index contributed by atoms with van der Waals surface area (Å²) in [6.45, 7) is 0. The van der Waals surface area contributed by atoms with Crippen molar-refractivity contribution < 1.29 is 5.11 Å². The Hall–Kier alpha value is -3.46. The molecular weight excluding hydrogens is 282 g/mol. The van der Waals surface area contributed by atoms with Crippen molar-refractivity contribution in [1.82, 2.24) is 4.57 Å². The third kappa shape index (κ3) is 2.11. The highest BCUT2D eigenvalue weighted by Crippen LogP contribution is 2.23. The Balaban J connectivity index is 2.41. The van der Waals surface area contributed by atoms with Crippen LogP contribution in [0, 0.1) is 16.2 Å². The lowest BCUT2D eigenvalue weighted by atomic mass is 10.1. The SMILES string of the molecule is N#Cc1cc2ccc(O)cc2n(-c2ccc(N=O)cc2)c1=O. The first-order valence-corrected chi connectivity index (χ1v) is 6.37. The van der Waals surface area contributed by atoms with Gasteiger partial charge in [0, 0.05) is 17.1 Å². The monoisotopic (exact) mass is 291 g/mol. The Labute approximate surface area is 124 Å². The van der Waals surface area contributed by atoms with E-state index in [9.17, 15) is 14.8 Å². The highest BCUT2D eigenvalue weighted by Gasteiger charge is 2.11. The van der Waals surface area contributed by atoms with Gasteiger partial charge in [0.25, 0.3) is 5.56 Å². The average Bonchev–Trinajstić information content (AvgIpc) is 2.54. The van der Waals surface area contributed by atoms with Gasteiger partial charge in [-0.2, -0.15) is 5.26 Å². The first-order valence-electron chi connectivity index (χ1n) is 6.37. The minimum absolute atomic E-state index is 0.00391. The molecule has 1 N–H and O–H groups in total. The fraction of sp³-hybridized carbons (Fsp3) is 0. The molecule has 0 atom stereocenters. The summed E-state index contributed by atoms with van der Waals surface area (Å²) in [6.07, 6.45) is 0. The van der Waals surface area contributed by atoms with Gasteiger partial charge < -0.3 is 5.11 Å². The van der Waals surface area contributed by atoms with Gasteiger partial charge in [-0.05, 0) is 47.6 Å². The van der Waals surface area contributed by atoms with Crippen LogP contribution in [0.2, 0.25) is 0 Å². The van der Waals surface area contributed by atoms with E-state index in [0.29, 0.717) is 16.6 Å². The molecule has 1 heterocycles. The van der Waals surface area contributed by atoms with Crippen molar-refractivity contribution in [3.8, 4) is 17.5 Å². The van der Waals surface area contributed by atoms with E-state index >= 15 is 0 Å². The fourth-order valence-corrected chi connectivity index (χ4v) is 2.29. The molecule has 0 aliphatic heterocycles. The van der Waals surface area contributed by atoms with Crippen LogP contribution in [0.25, 0.3) is 16.6 Å². The number of nitroso groups, excluding NO2 is 1. The summed E-state index contributed by atoms with van der Waals surface area (Å²) < 4.78 is 1.32. The summed E-state index contributed by atoms with van der Waals surface area (Å²) in [7, 11) is 0. The maximum atomic E-state index is 12.5. The second kappa shape index (κ2) is 5.14. The molecule has 3 aromatic rings. The van der Waals surface area contributed by atoms with Crippen LogP contribution < -0.4 is 5.56 Å². The van der Waals surface area contributed by atoms with Crippen molar-refractivity contribution in [2.45, 2.75) is 0 Å². The lowest BCUT2D eigenvalue weighted by Crippen LogP contribution is -2.21. The number of phenols is 1. The van der Waals surface area contributed by atoms with Gasteiger partial charge in [-0.15, -0.1) is 4.91 Å². The first kappa shape index (κ1) is 13.5. The number of aromatic hydroxyl groups is 1. The van der Waals surface area contributed by atoms with Gasteiger partial charge in [0.05, 0.1) is 5.52 Å². The third-order valence-electron chi connectivity index (χ3n) is 3.32. The van der Waals surface area contributed by atoms with Gasteiger partial charge >= 0.3 is 0 Å². The van der Waals surface area contributed by atoms with Gasteiger partial charge in [0.15, 0.2) is 0 Å². The lowest BCUT2D eigenvalue weighted by Gasteiger charge is -2.11. The van der Waals surface area contributed by atoms with E-state index in [1.807, 2.05) is 6.07 Å². The van der Waals surface area contributed by atoms with Crippen LogP contribution >= 0.6 is 0 Å². The van der Waals surface area contributed by atoms with E-state index in [0.717, 1.165) is 0 Å². The van der Waals surface area contributed by atoms with Crippen molar-refractivity contribution in [3.63, 3.8) is 0 Å². The second-order valence-electron chi connectivity index (χ2n) is 4.66. The van der Waals surface area contributed by atoms with Crippen molar-refractivity contribution in [2.75, 3.05) is 0 Å². The van der Waals surface area contributed by atoms with Gasteiger partial charge in [-0.3, -0.25) is 9.36 Å². The van der Waals surface area contributed by atoms with Crippen LogP contribution in [0.3, 0.4) is 0 Å². The fourth-order valence-electron chi connectivity index (χ4n) is 2.29. The summed E-state index contributed by atoms with van der Waals surface area (Å²) in [5.74, 6) is 0.0107. The summed E-state index contributed by atoms with van der Waals surface area (Å²) in [5.41, 5.74) is 0.685. The second-order valence-corrected chi connectivity index (χ2v) is 4.66. The van der Waals surface area contributed by atoms with E-state index < -0.39 is 5.56 Å². The zero-order valence-electron chi connectivity index (χ0n) is 11.2. The number of nitriles is 1. The van der Waals surface area contributed by atoms with Crippen LogP contribution in [0.1, 0.15) is 5.56 Å². The van der Waals surface area contributed by atoms with E-state index in [2.05, 4.69) is 5.18 Å². The summed E-state index contributed by atoms with van der Waals surface area (Å²) >= 11 is 0. The number of hydrogen-bond acceptors (Lipinski definition) is 5. The van der Waals surface area contributed by atoms with Crippen LogP contribution in [0.4, 0.5) is 5.69 Å². The van der Waals surface area contributed by atoms with E-state index in [1.165, 1.54) is 34.9 Å². The number of aromatic nitrogens is 1. The summed E-state index contributed by atoms with van der Waals surface area (Å²) in [5, 5.41) is 22.2. The van der Waals surface area contributed by atoms with Crippen LogP contribution in [-0.4, -0.2) is 9.67 Å². The topological polar surface area (TPSA) is 95.4 Å². The van der Waals surface area contributed by atoms with Gasteiger partial charge in [-0.1, -0.05) is 0 Å². The van der Waals surface area contributed by atoms with Gasteiger partial charge in [0.2, 0.25) is 0 Å². The molecule has 2 aromatic carbocycles. The van der Waals surface area contributed by atoms with E-state index in [4.69, 9.17) is 5.26 Å². The van der Waals surface area contributed by atoms with Crippen LogP contribution in [0.5, 0.6) is 5.75 Å². The molecule has 3 rings (SSSR count). The van der Waals surface area contributed by atoms with Gasteiger partial charge in [-0.25, -0.2) is 0 Å². The number of pyridine rings is 1. The highest BCUT2D eigenvalue weighted by molar-refractivity contribution is 5.83. The largest absolute Gasteiger partial charge is 0.508 e. The summed E-state index contributed by atoms with van der Waals surface area (Å²) in [4.78, 5) is 22.9. The average molecular weight is 291 g/mol. The Morgan fingerprint density at radius 3 is 2.45 bits per heavy atom. The van der Waals surface area contributed by atoms with E-state index in [-0.39, 0.29) is 17.0 Å². The van der Waals surface area contributed by atoms with Crippen molar-refractivity contribution in [1.29, 1.82) is 5.26 Å². The maximum Gasteiger partial charge on any atom is 0.273 e. The highest BCUT2D eigenvalue weighted by atomic mass is 16.3. The number of fused-ring (bicyclic) bond motifs is 1. The maximum absolute atomic E-state index is 12.5. The predicted octanol–water partition coefficient (Wildman–Crippen LogP) is 2.97. The molecule has 0 unspecified atom stereocenters. The number of benzene rings is 2. The molecule has 22 heavy (non-hydrogen) atoms. The quantitative estimate of drug-likeness (QED) is 0.734. The Morgan fingerprint density at radius 1 is 1.09 bits per heavy atom. The Kier molecular flexibility index (Phi) is 3.16. The molecular formula is C16H9N3O3. The van der Waals surface area contributed by atoms with Crippen LogP contribution in [0.15, 0.2) is 58.5 Å². The third-order valence-corrected chi connectivity index (χ3v) is 3.32. The van der Waals surface area contributed by atoms with Crippen molar-refractivity contribution >= 4 is 16.6 Å². The molecule has 0 saturated carbocycles. The molecule has 0 amide bonds. The minimum atomic E-state index is -0.493. The first-order chi connectivity index (χ1) is 10.6. The molecule has 0 aliphatic rings. The van der Waals surface area contributed by atoms with Crippen LogP contribution in [-0.2, 0) is 0 Å². The Morgan fingerprint density at radius 2 is 1.82 bits per heavy atom. The molecule has 0 aliphatic carbocycles. The van der Waals surface area contributed by atoms with E-state index in [1.54, 1.807) is 18.2 Å². The molecule has 106 valence electrons. The zero-order valence-corrected chi connectivity index (χ0v) is 11.2. The molecule has 6 heteroatoms. The molecule has 6 nitrogen and oxygen atoms in total. The standard InChI is InChI=1S/C16H9N3O3/c17-9-11-7-10-1-6-14(20)8-15(10)19(16(11)21)13-4-2-12(18-22)3-5-13/h1-8,20H. The smallest absolute Gasteiger partial charge is 0.273 e. The Bertz CT molecular complexity index is 982. The number of phenolic OH excluding ortho intramolecular Hbond substituents is 1. The number of rotatable bonds is 2. The molecule has 1 aromatic heterocycles. The normalized spacial score (nSPS) is 10.3. The lowest BCUT2D eigenvalue weighted by molar-refractivity contribution is 0.476.